The van der Waals surface area contributed by atoms with Crippen LogP contribution in [-0.2, 0) is 4.79 Å². The SMILES string of the molecule is Cc1nc2ncccc2cc1C(=O)N1CCC2(CC1)C(=O)N(c1ccccc1)C2c1ccc(Cl)cc1. The lowest BCUT2D eigenvalue weighted by atomic mass is 9.62. The Hall–Kier alpha value is -3.77. The molecule has 1 spiro atoms. The second-order valence-corrected chi connectivity index (χ2v) is 10.0. The van der Waals surface area contributed by atoms with Crippen LogP contribution in [0.5, 0.6) is 0 Å². The molecule has 2 aliphatic heterocycles. The van der Waals surface area contributed by atoms with Crippen LogP contribution in [-0.4, -0.2) is 39.8 Å². The minimum absolute atomic E-state index is 0.0460. The lowest BCUT2D eigenvalue weighted by Crippen LogP contribution is -2.67. The molecule has 1 atom stereocenters. The fourth-order valence-corrected chi connectivity index (χ4v) is 5.83. The molecule has 2 aromatic heterocycles. The van der Waals surface area contributed by atoms with Crippen molar-refractivity contribution in [2.45, 2.75) is 25.8 Å². The molecule has 180 valence electrons. The summed E-state index contributed by atoms with van der Waals surface area (Å²) >= 11 is 6.16. The van der Waals surface area contributed by atoms with Gasteiger partial charge in [-0.05, 0) is 67.8 Å². The number of fused-ring (bicyclic) bond motifs is 1. The van der Waals surface area contributed by atoms with E-state index in [1.165, 1.54) is 0 Å². The van der Waals surface area contributed by atoms with Crippen molar-refractivity contribution >= 4 is 40.1 Å². The predicted octanol–water partition coefficient (Wildman–Crippen LogP) is 5.60. The first-order valence-electron chi connectivity index (χ1n) is 12.1. The highest BCUT2D eigenvalue weighted by Crippen LogP contribution is 2.57. The maximum Gasteiger partial charge on any atom is 0.255 e. The minimum atomic E-state index is -0.541. The molecule has 0 bridgehead atoms. The van der Waals surface area contributed by atoms with E-state index in [2.05, 4.69) is 9.97 Å². The van der Waals surface area contributed by atoms with Crippen molar-refractivity contribution in [2.75, 3.05) is 18.0 Å². The van der Waals surface area contributed by atoms with Crippen molar-refractivity contribution in [3.63, 3.8) is 0 Å². The second-order valence-electron chi connectivity index (χ2n) is 9.58. The van der Waals surface area contributed by atoms with Crippen molar-refractivity contribution in [3.05, 3.63) is 101 Å². The van der Waals surface area contributed by atoms with Gasteiger partial charge in [0.25, 0.3) is 5.91 Å². The average molecular weight is 497 g/mol. The van der Waals surface area contributed by atoms with Crippen LogP contribution in [0.25, 0.3) is 11.0 Å². The summed E-state index contributed by atoms with van der Waals surface area (Å²) < 4.78 is 0. The molecule has 6 rings (SSSR count). The molecule has 4 heterocycles. The summed E-state index contributed by atoms with van der Waals surface area (Å²) in [5.41, 5.74) is 3.30. The van der Waals surface area contributed by atoms with Crippen molar-refractivity contribution in [3.8, 4) is 0 Å². The first kappa shape index (κ1) is 22.7. The number of amides is 2. The zero-order valence-electron chi connectivity index (χ0n) is 19.9. The smallest absolute Gasteiger partial charge is 0.255 e. The molecule has 2 aliphatic rings. The number of likely N-dealkylation sites (tertiary alicyclic amines) is 1. The standard InChI is InChI=1S/C29H25ClN4O2/c1-19-24(18-21-6-5-15-31-26(21)32-19)27(35)33-16-13-29(14-17-33)25(20-9-11-22(30)12-10-20)34(28(29)36)23-7-3-2-4-8-23/h2-12,15,18,25H,13-14,16-17H2,1H3. The maximum atomic E-state index is 13.7. The number of para-hydroxylation sites is 1. The van der Waals surface area contributed by atoms with Crippen LogP contribution >= 0.6 is 11.6 Å². The zero-order chi connectivity index (χ0) is 24.9. The Balaban J connectivity index is 1.28. The first-order chi connectivity index (χ1) is 17.5. The Kier molecular flexibility index (Phi) is 5.49. The third-order valence-corrected chi connectivity index (χ3v) is 7.85. The van der Waals surface area contributed by atoms with Crippen molar-refractivity contribution < 1.29 is 9.59 Å². The molecule has 36 heavy (non-hydrogen) atoms. The van der Waals surface area contributed by atoms with E-state index in [-0.39, 0.29) is 17.9 Å². The number of hydrogen-bond donors (Lipinski definition) is 0. The van der Waals surface area contributed by atoms with Gasteiger partial charge in [0.05, 0.1) is 22.7 Å². The number of carbonyl (C=O) groups excluding carboxylic acids is 2. The van der Waals surface area contributed by atoms with Crippen molar-refractivity contribution in [2.24, 2.45) is 5.41 Å². The van der Waals surface area contributed by atoms with E-state index in [9.17, 15) is 9.59 Å². The average Bonchev–Trinajstić information content (AvgIpc) is 2.92. The van der Waals surface area contributed by atoms with E-state index in [0.29, 0.717) is 47.9 Å². The number of piperidine rings is 1. The Labute approximate surface area is 214 Å². The highest BCUT2D eigenvalue weighted by molar-refractivity contribution is 6.30. The number of anilines is 1. The first-order valence-corrected chi connectivity index (χ1v) is 12.5. The van der Waals surface area contributed by atoms with Crippen LogP contribution in [0.2, 0.25) is 5.02 Å². The lowest BCUT2D eigenvalue weighted by Gasteiger charge is -2.59. The number of benzene rings is 2. The summed E-state index contributed by atoms with van der Waals surface area (Å²) in [4.78, 5) is 39.8. The third kappa shape index (κ3) is 3.56. The van der Waals surface area contributed by atoms with E-state index >= 15 is 0 Å². The molecular formula is C29H25ClN4O2. The number of nitrogens with zero attached hydrogens (tertiary/aromatic N) is 4. The van der Waals surface area contributed by atoms with Gasteiger partial charge in [0.15, 0.2) is 5.65 Å². The topological polar surface area (TPSA) is 66.4 Å². The molecule has 2 fully saturated rings. The van der Waals surface area contributed by atoms with Gasteiger partial charge in [-0.3, -0.25) is 9.59 Å². The fraction of sp³-hybridized carbons (Fsp3) is 0.241. The van der Waals surface area contributed by atoms with Crippen LogP contribution < -0.4 is 4.90 Å². The summed E-state index contributed by atoms with van der Waals surface area (Å²) in [7, 11) is 0. The van der Waals surface area contributed by atoms with Gasteiger partial charge < -0.3 is 9.80 Å². The molecular weight excluding hydrogens is 472 g/mol. The minimum Gasteiger partial charge on any atom is -0.339 e. The Morgan fingerprint density at radius 1 is 1.00 bits per heavy atom. The number of aromatic nitrogens is 2. The molecule has 6 nitrogen and oxygen atoms in total. The summed E-state index contributed by atoms with van der Waals surface area (Å²) in [6.45, 7) is 2.88. The summed E-state index contributed by atoms with van der Waals surface area (Å²) in [6, 6.07) is 23.1. The van der Waals surface area contributed by atoms with Crippen LogP contribution in [0, 0.1) is 12.3 Å². The maximum absolute atomic E-state index is 13.7. The number of aryl methyl sites for hydroxylation is 1. The molecule has 1 unspecified atom stereocenters. The molecule has 7 heteroatoms. The van der Waals surface area contributed by atoms with E-state index in [1.807, 2.05) is 89.5 Å². The van der Waals surface area contributed by atoms with Gasteiger partial charge >= 0.3 is 0 Å². The van der Waals surface area contributed by atoms with E-state index in [4.69, 9.17) is 11.6 Å². The number of carbonyl (C=O) groups is 2. The van der Waals surface area contributed by atoms with E-state index < -0.39 is 5.41 Å². The largest absolute Gasteiger partial charge is 0.339 e. The highest BCUT2D eigenvalue weighted by atomic mass is 35.5. The molecule has 4 aromatic rings. The number of halogens is 1. The van der Waals surface area contributed by atoms with Crippen LogP contribution in [0.15, 0.2) is 79.0 Å². The molecule has 2 amide bonds. The zero-order valence-corrected chi connectivity index (χ0v) is 20.7. The van der Waals surface area contributed by atoms with Crippen LogP contribution in [0.4, 0.5) is 5.69 Å². The fourth-order valence-electron chi connectivity index (χ4n) is 5.70. The second kappa shape index (κ2) is 8.71. The quantitative estimate of drug-likeness (QED) is 0.346. The van der Waals surface area contributed by atoms with Gasteiger partial charge in [-0.25, -0.2) is 9.97 Å². The van der Waals surface area contributed by atoms with Crippen molar-refractivity contribution in [1.29, 1.82) is 0 Å². The number of pyridine rings is 2. The Morgan fingerprint density at radius 2 is 1.72 bits per heavy atom. The van der Waals surface area contributed by atoms with E-state index in [0.717, 1.165) is 16.6 Å². The Morgan fingerprint density at radius 3 is 2.44 bits per heavy atom. The van der Waals surface area contributed by atoms with E-state index in [1.54, 1.807) is 6.20 Å². The van der Waals surface area contributed by atoms with Crippen LogP contribution in [0.1, 0.15) is 40.5 Å². The molecule has 0 N–H and O–H groups in total. The number of hydrogen-bond acceptors (Lipinski definition) is 4. The molecule has 2 saturated heterocycles. The molecule has 2 aromatic carbocycles. The van der Waals surface area contributed by atoms with Gasteiger partial charge in [-0.15, -0.1) is 0 Å². The molecule has 0 radical (unpaired) electrons. The summed E-state index contributed by atoms with van der Waals surface area (Å²) in [6.07, 6.45) is 2.91. The van der Waals surface area contributed by atoms with Gasteiger partial charge in [-0.1, -0.05) is 41.9 Å². The van der Waals surface area contributed by atoms with Gasteiger partial charge in [-0.2, -0.15) is 0 Å². The third-order valence-electron chi connectivity index (χ3n) is 7.60. The summed E-state index contributed by atoms with van der Waals surface area (Å²) in [5.74, 6) is 0.0747. The normalized spacial score (nSPS) is 18.9. The van der Waals surface area contributed by atoms with Gasteiger partial charge in [0.1, 0.15) is 0 Å². The predicted molar refractivity (Wildman–Crippen MR) is 140 cm³/mol. The Bertz CT molecular complexity index is 1460. The molecule has 0 saturated carbocycles. The molecule has 0 aliphatic carbocycles. The van der Waals surface area contributed by atoms with Crippen LogP contribution in [0.3, 0.4) is 0 Å². The van der Waals surface area contributed by atoms with Crippen molar-refractivity contribution in [1.82, 2.24) is 14.9 Å². The monoisotopic (exact) mass is 496 g/mol. The number of β-lactam (4-membered cyclic amide) rings is 1. The highest BCUT2D eigenvalue weighted by Gasteiger charge is 2.62. The lowest BCUT2D eigenvalue weighted by molar-refractivity contribution is -0.144. The summed E-state index contributed by atoms with van der Waals surface area (Å²) in [5, 5.41) is 1.51. The van der Waals surface area contributed by atoms with Gasteiger partial charge in [0, 0.05) is 35.4 Å². The number of rotatable bonds is 3. The van der Waals surface area contributed by atoms with Gasteiger partial charge in [0.2, 0.25) is 5.91 Å².